The number of benzene rings is 1. The Morgan fingerprint density at radius 3 is 2.56 bits per heavy atom. The molecule has 0 saturated heterocycles. The molecule has 1 aromatic rings. The van der Waals surface area contributed by atoms with Crippen LogP contribution >= 0.6 is 0 Å². The lowest BCUT2D eigenvalue weighted by Crippen LogP contribution is -2.20. The van der Waals surface area contributed by atoms with Gasteiger partial charge in [0.25, 0.3) is 0 Å². The third-order valence-electron chi connectivity index (χ3n) is 2.19. The quantitative estimate of drug-likeness (QED) is 0.744. The summed E-state index contributed by atoms with van der Waals surface area (Å²) >= 11 is 0. The zero-order chi connectivity index (χ0) is 11.8. The van der Waals surface area contributed by atoms with E-state index in [-0.39, 0.29) is 5.91 Å². The highest BCUT2D eigenvalue weighted by molar-refractivity contribution is 5.72. The first kappa shape index (κ1) is 12.3. The van der Waals surface area contributed by atoms with E-state index in [1.54, 1.807) is 0 Å². The topological polar surface area (TPSA) is 41.1 Å². The Balaban J connectivity index is 2.35. The van der Waals surface area contributed by atoms with Crippen molar-refractivity contribution in [1.29, 1.82) is 0 Å². The molecule has 3 heteroatoms. The van der Waals surface area contributed by atoms with Gasteiger partial charge in [-0.15, -0.1) is 0 Å². The summed E-state index contributed by atoms with van der Waals surface area (Å²) in [7, 11) is 1.90. The molecule has 1 amide bonds. The summed E-state index contributed by atoms with van der Waals surface area (Å²) < 4.78 is 0. The molecule has 0 heterocycles. The minimum absolute atomic E-state index is 0.0202. The maximum Gasteiger partial charge on any atom is 0.216 e. The van der Waals surface area contributed by atoms with Crippen LogP contribution in [0.2, 0.25) is 0 Å². The lowest BCUT2D eigenvalue weighted by molar-refractivity contribution is -0.118. The van der Waals surface area contributed by atoms with Gasteiger partial charge in [0.05, 0.1) is 0 Å². The fraction of sp³-hybridized carbons (Fsp3) is 0.308. The maximum atomic E-state index is 10.6. The first-order valence-corrected chi connectivity index (χ1v) is 5.41. The molecule has 0 radical (unpaired) electrons. The molecule has 0 unspecified atom stereocenters. The van der Waals surface area contributed by atoms with E-state index in [2.05, 4.69) is 34.9 Å². The van der Waals surface area contributed by atoms with Crippen LogP contribution in [0, 0.1) is 0 Å². The van der Waals surface area contributed by atoms with Gasteiger partial charge in [-0.05, 0) is 24.1 Å². The summed E-state index contributed by atoms with van der Waals surface area (Å²) in [4.78, 5) is 10.6. The number of hydrogen-bond donors (Lipinski definition) is 2. The minimum Gasteiger partial charge on any atom is -0.388 e. The monoisotopic (exact) mass is 218 g/mol. The number of anilines is 1. The smallest absolute Gasteiger partial charge is 0.216 e. The fourth-order valence-electron chi connectivity index (χ4n) is 1.31. The van der Waals surface area contributed by atoms with Crippen molar-refractivity contribution in [2.75, 3.05) is 18.9 Å². The fourth-order valence-corrected chi connectivity index (χ4v) is 1.31. The number of carbonyl (C=O) groups excluding carboxylic acids is 1. The van der Waals surface area contributed by atoms with Gasteiger partial charge in [0.15, 0.2) is 0 Å². The standard InChI is InChI=1S/C13H18N2O/c1-11(16)15-10-4-3-5-12-6-8-13(14-2)9-7-12/h3,5-9,14H,4,10H2,1-2H3,(H,15,16). The molecule has 1 aromatic carbocycles. The Bertz CT molecular complexity index is 355. The highest BCUT2D eigenvalue weighted by atomic mass is 16.1. The molecule has 2 N–H and O–H groups in total. The molecule has 0 aliphatic carbocycles. The summed E-state index contributed by atoms with van der Waals surface area (Å²) in [5.74, 6) is 0.0202. The SMILES string of the molecule is CNc1ccc(C=CCCNC(C)=O)cc1. The van der Waals surface area contributed by atoms with Crippen molar-refractivity contribution in [3.05, 3.63) is 35.9 Å². The molecule has 16 heavy (non-hydrogen) atoms. The van der Waals surface area contributed by atoms with Crippen LogP contribution in [-0.2, 0) is 4.79 Å². The molecule has 86 valence electrons. The predicted molar refractivity (Wildman–Crippen MR) is 68.3 cm³/mol. The van der Waals surface area contributed by atoms with Crippen molar-refractivity contribution in [2.24, 2.45) is 0 Å². The van der Waals surface area contributed by atoms with Crippen LogP contribution in [-0.4, -0.2) is 19.5 Å². The van der Waals surface area contributed by atoms with Gasteiger partial charge in [-0.2, -0.15) is 0 Å². The minimum atomic E-state index is 0.0202. The lowest BCUT2D eigenvalue weighted by atomic mass is 10.2. The molecular weight excluding hydrogens is 200 g/mol. The molecule has 0 aromatic heterocycles. The number of nitrogens with one attached hydrogen (secondary N) is 2. The summed E-state index contributed by atoms with van der Waals surface area (Å²) in [6.45, 7) is 2.22. The van der Waals surface area contributed by atoms with Gasteiger partial charge in [-0.25, -0.2) is 0 Å². The number of hydrogen-bond acceptors (Lipinski definition) is 2. The zero-order valence-electron chi connectivity index (χ0n) is 9.79. The second kappa shape index (κ2) is 6.67. The molecule has 0 spiro atoms. The molecule has 1 rings (SSSR count). The van der Waals surface area contributed by atoms with Crippen molar-refractivity contribution in [3.63, 3.8) is 0 Å². The molecule has 3 nitrogen and oxygen atoms in total. The predicted octanol–water partition coefficient (Wildman–Crippen LogP) is 2.27. The van der Waals surface area contributed by atoms with E-state index in [1.807, 2.05) is 19.2 Å². The average molecular weight is 218 g/mol. The first-order valence-electron chi connectivity index (χ1n) is 5.41. The van der Waals surface area contributed by atoms with Crippen molar-refractivity contribution in [3.8, 4) is 0 Å². The molecule has 0 aliphatic heterocycles. The first-order chi connectivity index (χ1) is 7.72. The van der Waals surface area contributed by atoms with Crippen molar-refractivity contribution >= 4 is 17.7 Å². The van der Waals surface area contributed by atoms with Gasteiger partial charge < -0.3 is 10.6 Å². The third kappa shape index (κ3) is 4.64. The number of carbonyl (C=O) groups is 1. The second-order valence-corrected chi connectivity index (χ2v) is 3.55. The van der Waals surface area contributed by atoms with E-state index in [9.17, 15) is 4.79 Å². The van der Waals surface area contributed by atoms with Crippen molar-refractivity contribution in [1.82, 2.24) is 5.32 Å². The number of rotatable bonds is 5. The van der Waals surface area contributed by atoms with Gasteiger partial charge >= 0.3 is 0 Å². The van der Waals surface area contributed by atoms with E-state index >= 15 is 0 Å². The summed E-state index contributed by atoms with van der Waals surface area (Å²) in [6.07, 6.45) is 4.97. The van der Waals surface area contributed by atoms with Gasteiger partial charge in [-0.1, -0.05) is 24.3 Å². The van der Waals surface area contributed by atoms with Crippen LogP contribution in [0.25, 0.3) is 6.08 Å². The van der Waals surface area contributed by atoms with Crippen LogP contribution in [0.4, 0.5) is 5.69 Å². The molecular formula is C13H18N2O. The van der Waals surface area contributed by atoms with Gasteiger partial charge in [0.2, 0.25) is 5.91 Å². The van der Waals surface area contributed by atoms with Gasteiger partial charge in [0, 0.05) is 26.2 Å². The Kier molecular flexibility index (Phi) is 5.12. The van der Waals surface area contributed by atoms with E-state index in [0.29, 0.717) is 6.54 Å². The molecule has 0 bridgehead atoms. The van der Waals surface area contributed by atoms with Crippen LogP contribution in [0.15, 0.2) is 30.3 Å². The zero-order valence-corrected chi connectivity index (χ0v) is 9.79. The van der Waals surface area contributed by atoms with E-state index in [1.165, 1.54) is 12.5 Å². The van der Waals surface area contributed by atoms with Crippen LogP contribution in [0.3, 0.4) is 0 Å². The normalized spacial score (nSPS) is 10.4. The van der Waals surface area contributed by atoms with Crippen LogP contribution in [0.1, 0.15) is 18.9 Å². The third-order valence-corrected chi connectivity index (χ3v) is 2.19. The van der Waals surface area contributed by atoms with Gasteiger partial charge in [0.1, 0.15) is 0 Å². The molecule has 0 atom stereocenters. The summed E-state index contributed by atoms with van der Waals surface area (Å²) in [5, 5.41) is 5.82. The van der Waals surface area contributed by atoms with Crippen LogP contribution in [0.5, 0.6) is 0 Å². The Morgan fingerprint density at radius 2 is 2.00 bits per heavy atom. The largest absolute Gasteiger partial charge is 0.388 e. The molecule has 0 aliphatic rings. The maximum absolute atomic E-state index is 10.6. The molecule has 0 saturated carbocycles. The summed E-state index contributed by atoms with van der Waals surface area (Å²) in [6, 6.07) is 8.18. The average Bonchev–Trinajstić information content (AvgIpc) is 2.29. The highest BCUT2D eigenvalue weighted by Gasteiger charge is 1.89. The Labute approximate surface area is 96.6 Å². The van der Waals surface area contributed by atoms with Crippen molar-refractivity contribution < 1.29 is 4.79 Å². The van der Waals surface area contributed by atoms with Crippen LogP contribution < -0.4 is 10.6 Å². The highest BCUT2D eigenvalue weighted by Crippen LogP contribution is 2.09. The van der Waals surface area contributed by atoms with E-state index < -0.39 is 0 Å². The van der Waals surface area contributed by atoms with E-state index in [0.717, 1.165) is 12.1 Å². The summed E-state index contributed by atoms with van der Waals surface area (Å²) in [5.41, 5.74) is 2.28. The lowest BCUT2D eigenvalue weighted by Gasteiger charge is -2.00. The Morgan fingerprint density at radius 1 is 1.31 bits per heavy atom. The van der Waals surface area contributed by atoms with Gasteiger partial charge in [-0.3, -0.25) is 4.79 Å². The van der Waals surface area contributed by atoms with Crippen molar-refractivity contribution in [2.45, 2.75) is 13.3 Å². The second-order valence-electron chi connectivity index (χ2n) is 3.55. The van der Waals surface area contributed by atoms with E-state index in [4.69, 9.17) is 0 Å². The number of amides is 1. The Hall–Kier alpha value is -1.77. The molecule has 0 fully saturated rings.